The minimum atomic E-state index is -3.41. The molecule has 2 aromatic rings. The van der Waals surface area contributed by atoms with Gasteiger partial charge in [-0.3, -0.25) is 9.69 Å². The molecular formula is C19H23BrN2O3S. The average molecular weight is 439 g/mol. The monoisotopic (exact) mass is 438 g/mol. The van der Waals surface area contributed by atoms with Crippen LogP contribution in [-0.2, 0) is 21.1 Å². The molecule has 0 aromatic heterocycles. The smallest absolute Gasteiger partial charge is 0.241 e. The Hall–Kier alpha value is -1.70. The fraction of sp³-hybridized carbons (Fsp3) is 0.316. The van der Waals surface area contributed by atoms with Crippen molar-refractivity contribution in [3.63, 3.8) is 0 Å². The van der Waals surface area contributed by atoms with Crippen molar-refractivity contribution in [3.05, 3.63) is 58.6 Å². The van der Waals surface area contributed by atoms with Crippen molar-refractivity contribution < 1.29 is 13.2 Å². The van der Waals surface area contributed by atoms with Crippen LogP contribution in [0.3, 0.4) is 0 Å². The number of sulfone groups is 1. The number of para-hydroxylation sites is 1. The Kier molecular flexibility index (Phi) is 6.97. The van der Waals surface area contributed by atoms with Crippen molar-refractivity contribution in [3.8, 4) is 0 Å². The van der Waals surface area contributed by atoms with Crippen molar-refractivity contribution >= 4 is 37.4 Å². The molecule has 5 nitrogen and oxygen atoms in total. The second-order valence-corrected chi connectivity index (χ2v) is 9.19. The summed E-state index contributed by atoms with van der Waals surface area (Å²) in [4.78, 5) is 14.6. The van der Waals surface area contributed by atoms with Gasteiger partial charge >= 0.3 is 0 Å². The molecule has 0 aliphatic rings. The topological polar surface area (TPSA) is 66.5 Å². The lowest BCUT2D eigenvalue weighted by atomic mass is 10.1. The maximum atomic E-state index is 12.5. The lowest BCUT2D eigenvalue weighted by Crippen LogP contribution is -2.40. The number of nitrogens with zero attached hydrogens (tertiary/aromatic N) is 1. The number of carbonyl (C=O) groups excluding carboxylic acids is 1. The van der Waals surface area contributed by atoms with Crippen LogP contribution in [0.25, 0.3) is 0 Å². The van der Waals surface area contributed by atoms with E-state index in [0.29, 0.717) is 12.2 Å². The highest BCUT2D eigenvalue weighted by atomic mass is 79.9. The molecule has 1 unspecified atom stereocenters. The lowest BCUT2D eigenvalue weighted by molar-refractivity contribution is -0.120. The van der Waals surface area contributed by atoms with Gasteiger partial charge in [0.15, 0.2) is 9.84 Å². The Labute approximate surface area is 163 Å². The molecule has 0 aliphatic heterocycles. The van der Waals surface area contributed by atoms with E-state index in [0.717, 1.165) is 17.1 Å². The number of rotatable bonds is 7. The van der Waals surface area contributed by atoms with E-state index in [1.807, 2.05) is 36.2 Å². The predicted molar refractivity (Wildman–Crippen MR) is 108 cm³/mol. The van der Waals surface area contributed by atoms with Crippen LogP contribution in [0.1, 0.15) is 12.5 Å². The van der Waals surface area contributed by atoms with Crippen LogP contribution in [0.5, 0.6) is 0 Å². The zero-order valence-electron chi connectivity index (χ0n) is 15.1. The Morgan fingerprint density at radius 3 is 2.38 bits per heavy atom. The molecule has 140 valence electrons. The summed E-state index contributed by atoms with van der Waals surface area (Å²) in [7, 11) is -1.53. The van der Waals surface area contributed by atoms with Crippen molar-refractivity contribution in [2.45, 2.75) is 24.3 Å². The van der Waals surface area contributed by atoms with Crippen LogP contribution in [-0.4, -0.2) is 45.1 Å². The summed E-state index contributed by atoms with van der Waals surface area (Å²) in [5, 5.41) is 2.74. The fourth-order valence-corrected chi connectivity index (χ4v) is 3.59. The number of anilines is 1. The summed E-state index contributed by atoms with van der Waals surface area (Å²) in [6, 6.07) is 14.1. The average Bonchev–Trinajstić information content (AvgIpc) is 2.59. The number of amides is 1. The van der Waals surface area contributed by atoms with Gasteiger partial charge in [-0.15, -0.1) is 0 Å². The van der Waals surface area contributed by atoms with Gasteiger partial charge in [0.25, 0.3) is 0 Å². The summed E-state index contributed by atoms with van der Waals surface area (Å²) < 4.78 is 24.7. The van der Waals surface area contributed by atoms with Gasteiger partial charge in [-0.25, -0.2) is 8.42 Å². The first-order chi connectivity index (χ1) is 12.2. The largest absolute Gasteiger partial charge is 0.324 e. The highest BCUT2D eigenvalue weighted by Gasteiger charge is 2.20. The first kappa shape index (κ1) is 20.6. The molecule has 0 aliphatic carbocycles. The molecule has 1 amide bonds. The summed E-state index contributed by atoms with van der Waals surface area (Å²) >= 11 is 3.41. The molecule has 0 radical (unpaired) electrons. The van der Waals surface area contributed by atoms with Crippen LogP contribution in [0.4, 0.5) is 5.69 Å². The zero-order chi connectivity index (χ0) is 19.3. The third-order valence-electron chi connectivity index (χ3n) is 4.25. The van der Waals surface area contributed by atoms with Crippen LogP contribution in [0.2, 0.25) is 0 Å². The molecule has 0 bridgehead atoms. The third-order valence-corrected chi connectivity index (χ3v) is 5.94. The number of hydrogen-bond acceptors (Lipinski definition) is 4. The standard InChI is InChI=1S/C19H23BrN2O3S/c1-14(22(2)13-12-15-8-10-16(20)11-9-15)19(23)21-17-6-4-5-7-18(17)26(3,24)25/h4-11,14H,12-13H2,1-3H3,(H,21,23). The van der Waals surface area contributed by atoms with Gasteiger partial charge in [-0.05, 0) is 50.2 Å². The molecule has 0 fully saturated rings. The number of nitrogens with one attached hydrogen (secondary N) is 1. The van der Waals surface area contributed by atoms with Gasteiger partial charge in [0.1, 0.15) is 0 Å². The first-order valence-corrected chi connectivity index (χ1v) is 10.9. The molecule has 26 heavy (non-hydrogen) atoms. The Bertz CT molecular complexity index is 867. The minimum absolute atomic E-state index is 0.123. The number of halogens is 1. The normalized spacial score (nSPS) is 12.8. The van der Waals surface area contributed by atoms with Gasteiger partial charge < -0.3 is 5.32 Å². The summed E-state index contributed by atoms with van der Waals surface area (Å²) in [6.07, 6.45) is 1.95. The van der Waals surface area contributed by atoms with E-state index >= 15 is 0 Å². The van der Waals surface area contributed by atoms with E-state index in [2.05, 4.69) is 21.2 Å². The number of benzene rings is 2. The predicted octanol–water partition coefficient (Wildman–Crippen LogP) is 3.35. The van der Waals surface area contributed by atoms with E-state index in [9.17, 15) is 13.2 Å². The van der Waals surface area contributed by atoms with Crippen molar-refractivity contribution in [2.24, 2.45) is 0 Å². The molecule has 1 N–H and O–H groups in total. The molecule has 2 aromatic carbocycles. The summed E-state index contributed by atoms with van der Waals surface area (Å²) in [5.41, 5.74) is 1.50. The van der Waals surface area contributed by atoms with Gasteiger partial charge in [0, 0.05) is 17.3 Å². The van der Waals surface area contributed by atoms with Gasteiger partial charge in [0.2, 0.25) is 5.91 Å². The van der Waals surface area contributed by atoms with Gasteiger partial charge in [-0.2, -0.15) is 0 Å². The quantitative estimate of drug-likeness (QED) is 0.719. The second kappa shape index (κ2) is 8.79. The SMILES string of the molecule is CC(C(=O)Nc1ccccc1S(C)(=O)=O)N(C)CCc1ccc(Br)cc1. The number of hydrogen-bond donors (Lipinski definition) is 1. The molecular weight excluding hydrogens is 416 g/mol. The Balaban J connectivity index is 2.00. The molecule has 2 rings (SSSR count). The van der Waals surface area contributed by atoms with Crippen molar-refractivity contribution in [2.75, 3.05) is 25.2 Å². The number of carbonyl (C=O) groups is 1. The molecule has 0 saturated carbocycles. The van der Waals surface area contributed by atoms with E-state index in [4.69, 9.17) is 0 Å². The van der Waals surface area contributed by atoms with Crippen LogP contribution >= 0.6 is 15.9 Å². The summed E-state index contributed by atoms with van der Waals surface area (Å²) in [6.45, 7) is 2.52. The van der Waals surface area contributed by atoms with Gasteiger partial charge in [-0.1, -0.05) is 40.2 Å². The van der Waals surface area contributed by atoms with E-state index in [1.54, 1.807) is 25.1 Å². The summed E-state index contributed by atoms with van der Waals surface area (Å²) in [5.74, 6) is -0.237. The van der Waals surface area contributed by atoms with E-state index < -0.39 is 15.9 Å². The third kappa shape index (κ3) is 5.65. The van der Waals surface area contributed by atoms with Crippen molar-refractivity contribution in [1.82, 2.24) is 4.90 Å². The minimum Gasteiger partial charge on any atom is -0.324 e. The van der Waals surface area contributed by atoms with Crippen LogP contribution in [0, 0.1) is 0 Å². The molecule has 7 heteroatoms. The first-order valence-electron chi connectivity index (χ1n) is 8.23. The second-order valence-electron chi connectivity index (χ2n) is 6.29. The van der Waals surface area contributed by atoms with E-state index in [1.165, 1.54) is 11.6 Å². The Morgan fingerprint density at radius 2 is 1.77 bits per heavy atom. The van der Waals surface area contributed by atoms with Crippen LogP contribution < -0.4 is 5.32 Å². The molecule has 0 spiro atoms. The maximum absolute atomic E-state index is 12.5. The highest BCUT2D eigenvalue weighted by molar-refractivity contribution is 9.10. The lowest BCUT2D eigenvalue weighted by Gasteiger charge is -2.24. The highest BCUT2D eigenvalue weighted by Crippen LogP contribution is 2.21. The van der Waals surface area contributed by atoms with Gasteiger partial charge in [0.05, 0.1) is 16.6 Å². The molecule has 0 saturated heterocycles. The number of likely N-dealkylation sites (N-methyl/N-ethyl adjacent to an activating group) is 1. The molecule has 0 heterocycles. The Morgan fingerprint density at radius 1 is 1.15 bits per heavy atom. The fourth-order valence-electron chi connectivity index (χ4n) is 2.48. The maximum Gasteiger partial charge on any atom is 0.241 e. The zero-order valence-corrected chi connectivity index (χ0v) is 17.5. The molecule has 1 atom stereocenters. The van der Waals surface area contributed by atoms with Crippen LogP contribution in [0.15, 0.2) is 57.9 Å². The van der Waals surface area contributed by atoms with Crippen molar-refractivity contribution in [1.29, 1.82) is 0 Å². The van der Waals surface area contributed by atoms with E-state index in [-0.39, 0.29) is 10.8 Å².